The van der Waals surface area contributed by atoms with Crippen LogP contribution in [0.5, 0.6) is 5.75 Å². The molecule has 0 spiro atoms. The lowest BCUT2D eigenvalue weighted by atomic mass is 9.74. The normalized spacial score (nSPS) is 24.0. The number of hydrogen-bond donors (Lipinski definition) is 2. The first-order valence-electron chi connectivity index (χ1n) is 8.81. The maximum absolute atomic E-state index is 12.5. The Bertz CT molecular complexity index is 543. The van der Waals surface area contributed by atoms with Crippen LogP contribution >= 0.6 is 0 Å². The molecule has 1 aromatic carbocycles. The topological polar surface area (TPSA) is 67.6 Å². The third kappa shape index (κ3) is 5.49. The van der Waals surface area contributed by atoms with Crippen molar-refractivity contribution in [1.82, 2.24) is 10.2 Å². The predicted octanol–water partition coefficient (Wildman–Crippen LogP) is 2.15. The third-order valence-corrected chi connectivity index (χ3v) is 4.74. The molecule has 1 aromatic rings. The van der Waals surface area contributed by atoms with Crippen molar-refractivity contribution in [2.45, 2.75) is 44.7 Å². The fourth-order valence-electron chi connectivity index (χ4n) is 3.19. The van der Waals surface area contributed by atoms with Crippen molar-refractivity contribution in [3.05, 3.63) is 29.8 Å². The van der Waals surface area contributed by atoms with E-state index in [2.05, 4.69) is 10.2 Å². The molecule has 2 unspecified atom stereocenters. The number of benzene rings is 1. The van der Waals surface area contributed by atoms with E-state index >= 15 is 0 Å². The molecule has 5 nitrogen and oxygen atoms in total. The molecule has 1 amide bonds. The molecule has 5 heteroatoms. The molecular weight excluding hydrogens is 302 g/mol. The summed E-state index contributed by atoms with van der Waals surface area (Å²) in [6.07, 6.45) is 4.00. The van der Waals surface area contributed by atoms with E-state index in [0.29, 0.717) is 13.2 Å². The second-order valence-corrected chi connectivity index (χ2v) is 7.32. The van der Waals surface area contributed by atoms with Gasteiger partial charge in [-0.05, 0) is 51.6 Å². The van der Waals surface area contributed by atoms with E-state index < -0.39 is 0 Å². The average Bonchev–Trinajstić information content (AvgIpc) is 2.52. The molecule has 24 heavy (non-hydrogen) atoms. The van der Waals surface area contributed by atoms with E-state index in [1.807, 2.05) is 45.3 Å². The van der Waals surface area contributed by atoms with Gasteiger partial charge in [-0.2, -0.15) is 0 Å². The number of hydrogen-bond acceptors (Lipinski definition) is 4. The number of carbonyl (C=O) groups excluding carboxylic acids is 1. The molecule has 0 heterocycles. The quantitative estimate of drug-likeness (QED) is 0.802. The van der Waals surface area contributed by atoms with Crippen LogP contribution in [0.15, 0.2) is 24.3 Å². The maximum atomic E-state index is 12.5. The first-order valence-corrected chi connectivity index (χ1v) is 8.81. The molecule has 1 fully saturated rings. The van der Waals surface area contributed by atoms with Crippen molar-refractivity contribution in [2.24, 2.45) is 11.7 Å². The predicted molar refractivity (Wildman–Crippen MR) is 96.9 cm³/mol. The summed E-state index contributed by atoms with van der Waals surface area (Å²) in [6.45, 7) is 4.03. The molecule has 0 bridgehead atoms. The monoisotopic (exact) mass is 333 g/mol. The van der Waals surface area contributed by atoms with Gasteiger partial charge in [0.15, 0.2) is 0 Å². The Hall–Kier alpha value is -1.59. The largest absolute Gasteiger partial charge is 0.492 e. The SMILES string of the molecule is CN(C)CCOc1cccc(CNC(=O)C2CCCCC2(C)N)c1. The summed E-state index contributed by atoms with van der Waals surface area (Å²) in [5.74, 6) is 0.814. The fourth-order valence-corrected chi connectivity index (χ4v) is 3.19. The van der Waals surface area contributed by atoms with Crippen molar-refractivity contribution in [3.63, 3.8) is 0 Å². The Morgan fingerprint density at radius 3 is 2.92 bits per heavy atom. The minimum atomic E-state index is -0.389. The first kappa shape index (κ1) is 18.7. The number of amides is 1. The van der Waals surface area contributed by atoms with Crippen LogP contribution in [-0.2, 0) is 11.3 Å². The second kappa shape index (κ2) is 8.49. The zero-order valence-corrected chi connectivity index (χ0v) is 15.2. The van der Waals surface area contributed by atoms with Gasteiger partial charge in [0.25, 0.3) is 0 Å². The van der Waals surface area contributed by atoms with Gasteiger partial charge >= 0.3 is 0 Å². The Kier molecular flexibility index (Phi) is 6.63. The minimum Gasteiger partial charge on any atom is -0.492 e. The van der Waals surface area contributed by atoms with Crippen LogP contribution in [0.1, 0.15) is 38.2 Å². The van der Waals surface area contributed by atoms with Crippen molar-refractivity contribution in [2.75, 3.05) is 27.2 Å². The van der Waals surface area contributed by atoms with Gasteiger partial charge in [-0.3, -0.25) is 4.79 Å². The number of nitrogens with two attached hydrogens (primary N) is 1. The van der Waals surface area contributed by atoms with Crippen LogP contribution in [0.3, 0.4) is 0 Å². The molecule has 2 rings (SSSR count). The van der Waals surface area contributed by atoms with Crippen LogP contribution in [0.2, 0.25) is 0 Å². The van der Waals surface area contributed by atoms with Crippen molar-refractivity contribution in [1.29, 1.82) is 0 Å². The zero-order chi connectivity index (χ0) is 17.6. The second-order valence-electron chi connectivity index (χ2n) is 7.32. The van der Waals surface area contributed by atoms with E-state index in [1.165, 1.54) is 0 Å². The summed E-state index contributed by atoms with van der Waals surface area (Å²) < 4.78 is 5.74. The summed E-state index contributed by atoms with van der Waals surface area (Å²) >= 11 is 0. The Morgan fingerprint density at radius 1 is 1.42 bits per heavy atom. The minimum absolute atomic E-state index is 0.0682. The lowest BCUT2D eigenvalue weighted by Crippen LogP contribution is -2.52. The molecule has 1 saturated carbocycles. The number of nitrogens with one attached hydrogen (secondary N) is 1. The number of rotatable bonds is 7. The lowest BCUT2D eigenvalue weighted by molar-refractivity contribution is -0.128. The Morgan fingerprint density at radius 2 is 2.21 bits per heavy atom. The highest BCUT2D eigenvalue weighted by atomic mass is 16.5. The van der Waals surface area contributed by atoms with Crippen LogP contribution in [0, 0.1) is 5.92 Å². The molecule has 2 atom stereocenters. The standard InChI is InChI=1S/C19H31N3O2/c1-19(20)10-5-4-9-17(19)18(23)21-14-15-7-6-8-16(13-15)24-12-11-22(2)3/h6-8,13,17H,4-5,9-12,14,20H2,1-3H3,(H,21,23). The summed E-state index contributed by atoms with van der Waals surface area (Å²) in [7, 11) is 4.04. The third-order valence-electron chi connectivity index (χ3n) is 4.74. The van der Waals surface area contributed by atoms with Crippen molar-refractivity contribution >= 4 is 5.91 Å². The van der Waals surface area contributed by atoms with E-state index in [1.54, 1.807) is 0 Å². The number of ether oxygens (including phenoxy) is 1. The molecule has 134 valence electrons. The molecule has 0 aliphatic heterocycles. The number of likely N-dealkylation sites (N-methyl/N-ethyl adjacent to an activating group) is 1. The van der Waals surface area contributed by atoms with Crippen molar-refractivity contribution < 1.29 is 9.53 Å². The highest BCUT2D eigenvalue weighted by molar-refractivity contribution is 5.80. The summed E-state index contributed by atoms with van der Waals surface area (Å²) in [6, 6.07) is 7.89. The average molecular weight is 333 g/mol. The smallest absolute Gasteiger partial charge is 0.225 e. The fraction of sp³-hybridized carbons (Fsp3) is 0.632. The summed E-state index contributed by atoms with van der Waals surface area (Å²) in [5.41, 5.74) is 6.96. The van der Waals surface area contributed by atoms with Gasteiger partial charge in [0.1, 0.15) is 12.4 Å². The molecular formula is C19H31N3O2. The van der Waals surface area contributed by atoms with Crippen molar-refractivity contribution in [3.8, 4) is 5.75 Å². The van der Waals surface area contributed by atoms with E-state index in [-0.39, 0.29) is 17.4 Å². The van der Waals surface area contributed by atoms with E-state index in [9.17, 15) is 4.79 Å². The van der Waals surface area contributed by atoms with E-state index in [0.717, 1.165) is 43.5 Å². The van der Waals surface area contributed by atoms with E-state index in [4.69, 9.17) is 10.5 Å². The molecule has 0 radical (unpaired) electrons. The highest BCUT2D eigenvalue weighted by Crippen LogP contribution is 2.31. The van der Waals surface area contributed by atoms with Gasteiger partial charge in [-0.1, -0.05) is 25.0 Å². The van der Waals surface area contributed by atoms with Gasteiger partial charge in [0.2, 0.25) is 5.91 Å². The van der Waals surface area contributed by atoms with Gasteiger partial charge < -0.3 is 20.7 Å². The Labute approximate surface area is 145 Å². The van der Waals surface area contributed by atoms with Crippen LogP contribution in [-0.4, -0.2) is 43.6 Å². The molecule has 3 N–H and O–H groups in total. The molecule has 1 aliphatic carbocycles. The molecule has 0 saturated heterocycles. The number of carbonyl (C=O) groups is 1. The van der Waals surface area contributed by atoms with Crippen LogP contribution in [0.25, 0.3) is 0 Å². The van der Waals surface area contributed by atoms with Gasteiger partial charge in [0, 0.05) is 18.6 Å². The van der Waals surface area contributed by atoms with Crippen LogP contribution in [0.4, 0.5) is 0 Å². The number of nitrogens with zero attached hydrogens (tertiary/aromatic N) is 1. The van der Waals surface area contributed by atoms with Crippen LogP contribution < -0.4 is 15.8 Å². The Balaban J connectivity index is 1.86. The van der Waals surface area contributed by atoms with Gasteiger partial charge in [-0.25, -0.2) is 0 Å². The molecule has 0 aromatic heterocycles. The summed E-state index contributed by atoms with van der Waals surface area (Å²) in [5, 5.41) is 3.04. The highest BCUT2D eigenvalue weighted by Gasteiger charge is 2.37. The van der Waals surface area contributed by atoms with Gasteiger partial charge in [0.05, 0.1) is 5.92 Å². The van der Waals surface area contributed by atoms with Gasteiger partial charge in [-0.15, -0.1) is 0 Å². The molecule has 1 aliphatic rings. The summed E-state index contributed by atoms with van der Waals surface area (Å²) in [4.78, 5) is 14.6. The zero-order valence-electron chi connectivity index (χ0n) is 15.2. The maximum Gasteiger partial charge on any atom is 0.225 e. The first-order chi connectivity index (χ1) is 11.4. The lowest BCUT2D eigenvalue weighted by Gasteiger charge is -2.37.